The van der Waals surface area contributed by atoms with Crippen molar-refractivity contribution < 1.29 is 18.7 Å². The molecule has 3 aromatic rings. The largest absolute Gasteiger partial charge is 0.461 e. The second-order valence-electron chi connectivity index (χ2n) is 6.09. The number of rotatable bonds is 6. The summed E-state index contributed by atoms with van der Waals surface area (Å²) in [7, 11) is 0. The Balaban J connectivity index is 1.67. The maximum atomic E-state index is 12.6. The van der Waals surface area contributed by atoms with Gasteiger partial charge < -0.3 is 14.8 Å². The van der Waals surface area contributed by atoms with Gasteiger partial charge in [-0.2, -0.15) is 5.10 Å². The highest BCUT2D eigenvalue weighted by Gasteiger charge is 2.27. The van der Waals surface area contributed by atoms with Crippen LogP contribution in [0, 0.1) is 0 Å². The van der Waals surface area contributed by atoms with Crippen molar-refractivity contribution in [2.45, 2.75) is 19.8 Å². The van der Waals surface area contributed by atoms with Gasteiger partial charge >= 0.3 is 5.97 Å². The Morgan fingerprint density at radius 2 is 2.18 bits per heavy atom. The summed E-state index contributed by atoms with van der Waals surface area (Å²) in [4.78, 5) is 21.0. The lowest BCUT2D eigenvalue weighted by Crippen LogP contribution is -2.12. The minimum atomic E-state index is -0.933. The Labute approximate surface area is 160 Å². The number of halogens is 1. The molecule has 1 aliphatic carbocycles. The van der Waals surface area contributed by atoms with Gasteiger partial charge in [0.2, 0.25) is 12.8 Å². The van der Waals surface area contributed by atoms with Crippen LogP contribution in [0.2, 0.25) is 0 Å². The first kappa shape index (κ1) is 17.9. The van der Waals surface area contributed by atoms with E-state index in [9.17, 15) is 9.18 Å². The van der Waals surface area contributed by atoms with E-state index in [-0.39, 0.29) is 12.3 Å². The summed E-state index contributed by atoms with van der Waals surface area (Å²) in [5.74, 6) is 0.236. The summed E-state index contributed by atoms with van der Waals surface area (Å²) in [5.41, 5.74) is 3.93. The van der Waals surface area contributed by atoms with Crippen LogP contribution < -0.4 is 10.1 Å². The molecule has 0 radical (unpaired) electrons. The number of benzene rings is 1. The number of aromatic nitrogens is 4. The van der Waals surface area contributed by atoms with E-state index in [0.29, 0.717) is 41.6 Å². The van der Waals surface area contributed by atoms with Crippen LogP contribution in [0.15, 0.2) is 30.5 Å². The standard InChI is InChI=1S/C19H18FN5O3/c1-2-27-18(26)17-12-8-7-11-9-21-19(23-15(11)16(12)24-25-17)22-13-5-3-4-6-14(13)28-10-20/h3-6,9H,2,7-8,10H2,1H3,(H,24,25)(H,21,22,23). The van der Waals surface area contributed by atoms with E-state index in [4.69, 9.17) is 9.47 Å². The molecule has 0 atom stereocenters. The van der Waals surface area contributed by atoms with Gasteiger partial charge in [0, 0.05) is 11.8 Å². The van der Waals surface area contributed by atoms with Gasteiger partial charge in [-0.1, -0.05) is 12.1 Å². The monoisotopic (exact) mass is 383 g/mol. The number of nitrogens with one attached hydrogen (secondary N) is 2. The van der Waals surface area contributed by atoms with Gasteiger partial charge in [-0.3, -0.25) is 5.10 Å². The molecule has 0 aliphatic heterocycles. The number of ether oxygens (including phenoxy) is 2. The first-order valence-corrected chi connectivity index (χ1v) is 8.86. The summed E-state index contributed by atoms with van der Waals surface area (Å²) in [6, 6.07) is 6.94. The Bertz CT molecular complexity index is 1020. The molecule has 2 heterocycles. The van der Waals surface area contributed by atoms with E-state index in [0.717, 1.165) is 11.1 Å². The Morgan fingerprint density at radius 1 is 1.32 bits per heavy atom. The van der Waals surface area contributed by atoms with E-state index in [1.54, 1.807) is 37.4 Å². The number of carbonyl (C=O) groups is 1. The Kier molecular flexibility index (Phi) is 4.88. The second kappa shape index (κ2) is 7.63. The minimum absolute atomic E-state index is 0.285. The van der Waals surface area contributed by atoms with E-state index in [2.05, 4.69) is 25.5 Å². The number of para-hydroxylation sites is 2. The molecule has 8 nitrogen and oxygen atoms in total. The lowest BCUT2D eigenvalue weighted by molar-refractivity contribution is 0.0518. The lowest BCUT2D eigenvalue weighted by atomic mass is 9.93. The zero-order chi connectivity index (χ0) is 19.5. The number of hydrogen-bond acceptors (Lipinski definition) is 7. The molecular formula is C19H18FN5O3. The van der Waals surface area contributed by atoms with E-state index in [1.165, 1.54) is 0 Å². The van der Waals surface area contributed by atoms with E-state index >= 15 is 0 Å². The van der Waals surface area contributed by atoms with Gasteiger partial charge in [0.05, 0.1) is 23.7 Å². The van der Waals surface area contributed by atoms with Crippen LogP contribution in [0.3, 0.4) is 0 Å². The molecule has 1 aliphatic rings. The van der Waals surface area contributed by atoms with Gasteiger partial charge in [0.25, 0.3) is 0 Å². The first-order valence-electron chi connectivity index (χ1n) is 8.86. The van der Waals surface area contributed by atoms with E-state index in [1.807, 2.05) is 0 Å². The van der Waals surface area contributed by atoms with Crippen LogP contribution in [0.5, 0.6) is 5.75 Å². The number of aromatic amines is 1. The van der Waals surface area contributed by atoms with Crippen molar-refractivity contribution in [1.82, 2.24) is 20.2 Å². The number of carbonyl (C=O) groups excluding carboxylic acids is 1. The fourth-order valence-electron chi connectivity index (χ4n) is 3.17. The first-order chi connectivity index (χ1) is 13.7. The molecule has 0 saturated heterocycles. The number of alkyl halides is 1. The summed E-state index contributed by atoms with van der Waals surface area (Å²) in [6.07, 6.45) is 3.07. The van der Waals surface area contributed by atoms with Crippen LogP contribution in [-0.2, 0) is 17.6 Å². The molecule has 0 fully saturated rings. The summed E-state index contributed by atoms with van der Waals surface area (Å²) in [6.45, 7) is 1.10. The average molecular weight is 383 g/mol. The highest BCUT2D eigenvalue weighted by atomic mass is 19.1. The highest BCUT2D eigenvalue weighted by molar-refractivity contribution is 5.91. The van der Waals surface area contributed by atoms with Crippen molar-refractivity contribution in [2.75, 3.05) is 18.8 Å². The van der Waals surface area contributed by atoms with Gasteiger partial charge in [-0.25, -0.2) is 19.2 Å². The maximum Gasteiger partial charge on any atom is 0.359 e. The normalized spacial score (nSPS) is 12.1. The highest BCUT2D eigenvalue weighted by Crippen LogP contribution is 2.33. The topological polar surface area (TPSA) is 102 Å². The number of anilines is 2. The van der Waals surface area contributed by atoms with Crippen LogP contribution in [0.4, 0.5) is 16.0 Å². The molecule has 0 saturated carbocycles. The number of aryl methyl sites for hydroxylation is 1. The molecule has 0 amide bonds. The number of fused-ring (bicyclic) bond motifs is 3. The third-order valence-electron chi connectivity index (χ3n) is 4.43. The van der Waals surface area contributed by atoms with Crippen LogP contribution in [0.1, 0.15) is 28.5 Å². The second-order valence-corrected chi connectivity index (χ2v) is 6.09. The predicted molar refractivity (Wildman–Crippen MR) is 99.3 cm³/mol. The van der Waals surface area contributed by atoms with Crippen LogP contribution >= 0.6 is 0 Å². The van der Waals surface area contributed by atoms with Crippen LogP contribution in [-0.4, -0.2) is 39.6 Å². The maximum absolute atomic E-state index is 12.6. The molecule has 9 heteroatoms. The van der Waals surface area contributed by atoms with Crippen molar-refractivity contribution in [1.29, 1.82) is 0 Å². The molecule has 2 N–H and O–H groups in total. The molecule has 4 rings (SSSR count). The van der Waals surface area contributed by atoms with Crippen molar-refractivity contribution in [3.05, 3.63) is 47.3 Å². The quantitative estimate of drug-likeness (QED) is 0.630. The molecule has 2 aromatic heterocycles. The molecule has 0 bridgehead atoms. The van der Waals surface area contributed by atoms with Crippen LogP contribution in [0.25, 0.3) is 11.4 Å². The zero-order valence-electron chi connectivity index (χ0n) is 15.2. The molecular weight excluding hydrogens is 365 g/mol. The fourth-order valence-corrected chi connectivity index (χ4v) is 3.17. The molecule has 28 heavy (non-hydrogen) atoms. The number of hydrogen-bond donors (Lipinski definition) is 2. The summed E-state index contributed by atoms with van der Waals surface area (Å²) in [5, 5.41) is 10.1. The average Bonchev–Trinajstić information content (AvgIpc) is 3.15. The molecule has 0 spiro atoms. The lowest BCUT2D eigenvalue weighted by Gasteiger charge is -2.16. The SMILES string of the molecule is CCOC(=O)c1n[nH]c2c1CCc1cnc(Nc3ccccc3OCF)nc1-2. The number of esters is 1. The van der Waals surface area contributed by atoms with Crippen molar-refractivity contribution in [3.63, 3.8) is 0 Å². The molecule has 0 unspecified atom stereocenters. The van der Waals surface area contributed by atoms with Crippen molar-refractivity contribution in [3.8, 4) is 17.1 Å². The zero-order valence-corrected chi connectivity index (χ0v) is 15.2. The fraction of sp³-hybridized carbons (Fsp3) is 0.263. The van der Waals surface area contributed by atoms with Crippen molar-refractivity contribution >= 4 is 17.6 Å². The number of nitrogens with zero attached hydrogens (tertiary/aromatic N) is 3. The van der Waals surface area contributed by atoms with Gasteiger partial charge in [0.1, 0.15) is 5.75 Å². The van der Waals surface area contributed by atoms with Gasteiger partial charge in [-0.05, 0) is 37.5 Å². The van der Waals surface area contributed by atoms with Gasteiger partial charge in [0.15, 0.2) is 5.69 Å². The number of H-pyrrole nitrogens is 1. The molecule has 1 aromatic carbocycles. The Hall–Kier alpha value is -3.49. The van der Waals surface area contributed by atoms with Gasteiger partial charge in [-0.15, -0.1) is 0 Å². The minimum Gasteiger partial charge on any atom is -0.461 e. The summed E-state index contributed by atoms with van der Waals surface area (Å²) >= 11 is 0. The predicted octanol–water partition coefficient (Wildman–Crippen LogP) is 3.19. The third kappa shape index (κ3) is 3.26. The summed E-state index contributed by atoms with van der Waals surface area (Å²) < 4.78 is 22.6. The third-order valence-corrected chi connectivity index (χ3v) is 4.43. The van der Waals surface area contributed by atoms with E-state index < -0.39 is 12.8 Å². The molecule has 144 valence electrons. The Morgan fingerprint density at radius 3 is 3.00 bits per heavy atom. The van der Waals surface area contributed by atoms with Crippen molar-refractivity contribution in [2.24, 2.45) is 0 Å². The smallest absolute Gasteiger partial charge is 0.359 e.